The number of aryl methyl sites for hydroxylation is 1. The van der Waals surface area contributed by atoms with Crippen molar-refractivity contribution in [2.45, 2.75) is 45.3 Å². The molecule has 1 aromatic heterocycles. The van der Waals surface area contributed by atoms with Crippen molar-refractivity contribution >= 4 is 0 Å². The van der Waals surface area contributed by atoms with Gasteiger partial charge in [0.1, 0.15) is 5.69 Å². The van der Waals surface area contributed by atoms with E-state index in [1.54, 1.807) is 0 Å². The molecule has 0 aliphatic carbocycles. The molecule has 0 unspecified atom stereocenters. The first kappa shape index (κ1) is 15.0. The molecule has 0 saturated heterocycles. The second-order valence-electron chi connectivity index (χ2n) is 4.38. The fourth-order valence-corrected chi connectivity index (χ4v) is 1.88. The highest BCUT2D eigenvalue weighted by Crippen LogP contribution is 2.31. The van der Waals surface area contributed by atoms with Gasteiger partial charge in [0.05, 0.1) is 6.20 Å². The third kappa shape index (κ3) is 4.33. The molecule has 0 atom stereocenters. The highest BCUT2D eigenvalue weighted by atomic mass is 19.4. The zero-order chi connectivity index (χ0) is 13.6. The molecule has 18 heavy (non-hydrogen) atoms. The van der Waals surface area contributed by atoms with Gasteiger partial charge in [-0.1, -0.05) is 26.2 Å². The van der Waals surface area contributed by atoms with E-state index in [4.69, 9.17) is 0 Å². The molecule has 0 fully saturated rings. The lowest BCUT2D eigenvalue weighted by Crippen LogP contribution is -2.19. The number of unbranched alkanes of at least 4 members (excludes halogenated alkanes) is 3. The van der Waals surface area contributed by atoms with Crippen LogP contribution in [0.5, 0.6) is 0 Å². The third-order valence-electron chi connectivity index (χ3n) is 2.81. The van der Waals surface area contributed by atoms with Gasteiger partial charge in [0.25, 0.3) is 0 Å². The smallest absolute Gasteiger partial charge is 0.313 e. The molecule has 1 rings (SSSR count). The van der Waals surface area contributed by atoms with Crippen molar-refractivity contribution in [3.63, 3.8) is 0 Å². The average molecular weight is 263 g/mol. The number of aromatic nitrogens is 2. The molecule has 1 heterocycles. The maximum Gasteiger partial charge on any atom is 0.433 e. The summed E-state index contributed by atoms with van der Waals surface area (Å²) in [5, 5.41) is 6.70. The van der Waals surface area contributed by atoms with Gasteiger partial charge in [0, 0.05) is 19.2 Å². The topological polar surface area (TPSA) is 29.9 Å². The van der Waals surface area contributed by atoms with Gasteiger partial charge in [-0.05, 0) is 13.0 Å². The lowest BCUT2D eigenvalue weighted by atomic mass is 10.2. The standard InChI is InChI=1S/C12H20F3N3/c1-3-4-5-6-7-16-8-10-9-17-18(2)11(10)12(13,14)15/h9,16H,3-8H2,1-2H3. The number of hydrogen-bond donors (Lipinski definition) is 1. The molecule has 0 aliphatic rings. The molecule has 0 saturated carbocycles. The van der Waals surface area contributed by atoms with E-state index in [1.807, 2.05) is 0 Å². The predicted octanol–water partition coefficient (Wildman–Crippen LogP) is 3.11. The molecule has 0 radical (unpaired) electrons. The van der Waals surface area contributed by atoms with Crippen LogP contribution in [0.15, 0.2) is 6.20 Å². The Labute approximate surface area is 105 Å². The van der Waals surface area contributed by atoms with Crippen LogP contribution in [-0.4, -0.2) is 16.3 Å². The van der Waals surface area contributed by atoms with Gasteiger partial charge in [0.15, 0.2) is 0 Å². The minimum atomic E-state index is -4.34. The van der Waals surface area contributed by atoms with E-state index in [2.05, 4.69) is 17.3 Å². The van der Waals surface area contributed by atoms with Crippen LogP contribution in [0.3, 0.4) is 0 Å². The Balaban J connectivity index is 2.43. The number of rotatable bonds is 7. The van der Waals surface area contributed by atoms with Crippen LogP contribution in [0.1, 0.15) is 43.9 Å². The summed E-state index contributed by atoms with van der Waals surface area (Å²) in [6.45, 7) is 3.08. The van der Waals surface area contributed by atoms with Gasteiger partial charge in [-0.3, -0.25) is 4.68 Å². The third-order valence-corrected chi connectivity index (χ3v) is 2.81. The molecule has 0 aromatic carbocycles. The molecular weight excluding hydrogens is 243 g/mol. The first-order valence-electron chi connectivity index (χ1n) is 6.25. The Bertz CT molecular complexity index is 358. The Morgan fingerprint density at radius 3 is 2.61 bits per heavy atom. The lowest BCUT2D eigenvalue weighted by Gasteiger charge is -2.10. The molecule has 0 spiro atoms. The van der Waals surface area contributed by atoms with E-state index < -0.39 is 11.9 Å². The van der Waals surface area contributed by atoms with Crippen molar-refractivity contribution in [1.82, 2.24) is 15.1 Å². The fraction of sp³-hybridized carbons (Fsp3) is 0.750. The summed E-state index contributed by atoms with van der Waals surface area (Å²) in [6, 6.07) is 0. The van der Waals surface area contributed by atoms with Gasteiger partial charge in [-0.2, -0.15) is 18.3 Å². The van der Waals surface area contributed by atoms with Gasteiger partial charge in [-0.25, -0.2) is 0 Å². The maximum atomic E-state index is 12.7. The monoisotopic (exact) mass is 263 g/mol. The van der Waals surface area contributed by atoms with Crippen LogP contribution in [-0.2, 0) is 19.8 Å². The number of nitrogens with zero attached hydrogens (tertiary/aromatic N) is 2. The highest BCUT2D eigenvalue weighted by molar-refractivity contribution is 5.20. The first-order valence-corrected chi connectivity index (χ1v) is 6.25. The normalized spacial score (nSPS) is 12.1. The van der Waals surface area contributed by atoms with Crippen LogP contribution < -0.4 is 5.32 Å². The van der Waals surface area contributed by atoms with Gasteiger partial charge in [-0.15, -0.1) is 0 Å². The minimum Gasteiger partial charge on any atom is -0.313 e. The van der Waals surface area contributed by atoms with E-state index in [-0.39, 0.29) is 12.1 Å². The summed E-state index contributed by atoms with van der Waals surface area (Å²) in [6.07, 6.45) is 1.37. The Hall–Kier alpha value is -1.04. The number of hydrogen-bond acceptors (Lipinski definition) is 2. The summed E-state index contributed by atoms with van der Waals surface area (Å²) in [7, 11) is 1.31. The first-order chi connectivity index (χ1) is 8.46. The molecule has 3 nitrogen and oxygen atoms in total. The molecule has 0 aliphatic heterocycles. The predicted molar refractivity (Wildman–Crippen MR) is 64.1 cm³/mol. The van der Waals surface area contributed by atoms with Gasteiger partial charge >= 0.3 is 6.18 Å². The molecule has 0 bridgehead atoms. The van der Waals surface area contributed by atoms with Crippen molar-refractivity contribution in [3.05, 3.63) is 17.5 Å². The quantitative estimate of drug-likeness (QED) is 0.766. The molecule has 104 valence electrons. The van der Waals surface area contributed by atoms with E-state index in [0.29, 0.717) is 0 Å². The summed E-state index contributed by atoms with van der Waals surface area (Å²) in [5.74, 6) is 0. The minimum absolute atomic E-state index is 0.209. The van der Waals surface area contributed by atoms with E-state index in [9.17, 15) is 13.2 Å². The number of alkyl halides is 3. The van der Waals surface area contributed by atoms with Crippen molar-refractivity contribution in [1.29, 1.82) is 0 Å². The highest BCUT2D eigenvalue weighted by Gasteiger charge is 2.36. The molecule has 6 heteroatoms. The molecule has 1 aromatic rings. The van der Waals surface area contributed by atoms with E-state index in [0.717, 1.165) is 30.5 Å². The van der Waals surface area contributed by atoms with Crippen molar-refractivity contribution in [2.75, 3.05) is 6.54 Å². The van der Waals surface area contributed by atoms with Crippen molar-refractivity contribution < 1.29 is 13.2 Å². The average Bonchev–Trinajstić information content (AvgIpc) is 2.64. The summed E-state index contributed by atoms with van der Waals surface area (Å²) >= 11 is 0. The fourth-order valence-electron chi connectivity index (χ4n) is 1.88. The number of halogens is 3. The largest absolute Gasteiger partial charge is 0.433 e. The Morgan fingerprint density at radius 1 is 1.28 bits per heavy atom. The zero-order valence-electron chi connectivity index (χ0n) is 10.8. The summed E-state index contributed by atoms with van der Waals surface area (Å²) in [5.41, 5.74) is -0.455. The number of nitrogens with one attached hydrogen (secondary N) is 1. The van der Waals surface area contributed by atoms with Crippen LogP contribution in [0.4, 0.5) is 13.2 Å². The van der Waals surface area contributed by atoms with Gasteiger partial charge < -0.3 is 5.32 Å². The SMILES string of the molecule is CCCCCCNCc1cnn(C)c1C(F)(F)F. The van der Waals surface area contributed by atoms with Crippen LogP contribution in [0, 0.1) is 0 Å². The molecule has 1 N–H and O–H groups in total. The second-order valence-corrected chi connectivity index (χ2v) is 4.38. The van der Waals surface area contributed by atoms with Gasteiger partial charge in [0.2, 0.25) is 0 Å². The van der Waals surface area contributed by atoms with E-state index >= 15 is 0 Å². The lowest BCUT2D eigenvalue weighted by molar-refractivity contribution is -0.144. The van der Waals surface area contributed by atoms with Crippen LogP contribution in [0.2, 0.25) is 0 Å². The second kappa shape index (κ2) is 6.78. The Morgan fingerprint density at radius 2 is 2.00 bits per heavy atom. The van der Waals surface area contributed by atoms with E-state index in [1.165, 1.54) is 19.7 Å². The van der Waals surface area contributed by atoms with Crippen LogP contribution >= 0.6 is 0 Å². The van der Waals surface area contributed by atoms with Crippen molar-refractivity contribution in [2.24, 2.45) is 7.05 Å². The molecular formula is C12H20F3N3. The van der Waals surface area contributed by atoms with Crippen LogP contribution in [0.25, 0.3) is 0 Å². The Kier molecular flexibility index (Phi) is 5.65. The summed E-state index contributed by atoms with van der Waals surface area (Å²) < 4.78 is 39.1. The summed E-state index contributed by atoms with van der Waals surface area (Å²) in [4.78, 5) is 0. The maximum absolute atomic E-state index is 12.7. The molecule has 0 amide bonds. The van der Waals surface area contributed by atoms with Crippen molar-refractivity contribution in [3.8, 4) is 0 Å². The zero-order valence-corrected chi connectivity index (χ0v) is 10.8.